The van der Waals surface area contributed by atoms with Crippen LogP contribution in [0.15, 0.2) is 30.3 Å². The lowest BCUT2D eigenvalue weighted by Crippen LogP contribution is -2.47. The summed E-state index contributed by atoms with van der Waals surface area (Å²) in [6.07, 6.45) is 12.6. The van der Waals surface area contributed by atoms with Crippen molar-refractivity contribution in [3.8, 4) is 0 Å². The van der Waals surface area contributed by atoms with E-state index in [0.29, 0.717) is 11.0 Å². The molecule has 5 rings (SSSR count). The molecule has 0 heterocycles. The Morgan fingerprint density at radius 2 is 1.85 bits per heavy atom. The second kappa shape index (κ2) is 6.86. The lowest BCUT2D eigenvalue weighted by atomic mass is 9.49. The van der Waals surface area contributed by atoms with Crippen LogP contribution < -0.4 is 5.32 Å². The van der Waals surface area contributed by atoms with Crippen LogP contribution >= 0.6 is 0 Å². The predicted molar refractivity (Wildman–Crippen MR) is 100 cm³/mol. The molecule has 4 fully saturated rings. The summed E-state index contributed by atoms with van der Waals surface area (Å²) >= 11 is 0. The second-order valence-electron chi connectivity index (χ2n) is 8.64. The molecule has 0 unspecified atom stereocenters. The molecule has 4 saturated carbocycles. The number of nitrogens with zero attached hydrogens (tertiary/aromatic N) is 1. The normalized spacial score (nSPS) is 32.1. The number of non-ortho nitro benzene ring substituents is 1. The van der Waals surface area contributed by atoms with Crippen molar-refractivity contribution in [2.45, 2.75) is 44.9 Å². The first-order valence-corrected chi connectivity index (χ1v) is 9.72. The summed E-state index contributed by atoms with van der Waals surface area (Å²) in [5.41, 5.74) is 1.18. The van der Waals surface area contributed by atoms with Crippen molar-refractivity contribution >= 4 is 17.7 Å². The monoisotopic (exact) mass is 354 g/mol. The molecule has 0 atom stereocenters. The molecule has 1 amide bonds. The highest BCUT2D eigenvalue weighted by atomic mass is 16.6. The smallest absolute Gasteiger partial charge is 0.270 e. The number of nitrogens with one attached hydrogen (secondary N) is 1. The fourth-order valence-corrected chi connectivity index (χ4v) is 6.02. The minimum absolute atomic E-state index is 0.0365. The zero-order valence-electron chi connectivity index (χ0n) is 15.0. The first-order valence-electron chi connectivity index (χ1n) is 9.72. The molecule has 0 aromatic heterocycles. The SMILES string of the molecule is O=C(C=Cc1cccc([N+](=O)[O-])c1)NCCC12CC3CC(CC(C3)C1)C2. The number of amides is 1. The maximum absolute atomic E-state index is 12.1. The number of carbonyl (C=O) groups is 1. The Morgan fingerprint density at radius 1 is 1.19 bits per heavy atom. The molecule has 26 heavy (non-hydrogen) atoms. The van der Waals surface area contributed by atoms with Crippen LogP contribution in [0.1, 0.15) is 50.5 Å². The first-order chi connectivity index (χ1) is 12.5. The Labute approximate surface area is 154 Å². The molecular weight excluding hydrogens is 328 g/mol. The van der Waals surface area contributed by atoms with Gasteiger partial charge in [0, 0.05) is 24.8 Å². The maximum atomic E-state index is 12.1. The fourth-order valence-electron chi connectivity index (χ4n) is 6.02. The van der Waals surface area contributed by atoms with E-state index in [1.807, 2.05) is 0 Å². The van der Waals surface area contributed by atoms with Crippen LogP contribution in [-0.2, 0) is 4.79 Å². The molecule has 4 bridgehead atoms. The third-order valence-corrected chi connectivity index (χ3v) is 6.63. The molecule has 0 aliphatic heterocycles. The quantitative estimate of drug-likeness (QED) is 0.469. The number of nitro groups is 1. The zero-order chi connectivity index (χ0) is 18.1. The van der Waals surface area contributed by atoms with Crippen molar-refractivity contribution in [2.24, 2.45) is 23.2 Å². The fraction of sp³-hybridized carbons (Fsp3) is 0.571. The number of carbonyl (C=O) groups excluding carboxylic acids is 1. The molecule has 0 spiro atoms. The summed E-state index contributed by atoms with van der Waals surface area (Å²) in [6.45, 7) is 0.726. The van der Waals surface area contributed by atoms with Gasteiger partial charge in [0.25, 0.3) is 5.69 Å². The summed E-state index contributed by atoms with van der Waals surface area (Å²) in [7, 11) is 0. The molecular formula is C21H26N2O3. The van der Waals surface area contributed by atoms with Gasteiger partial charge in [-0.15, -0.1) is 0 Å². The average Bonchev–Trinajstić information content (AvgIpc) is 2.59. The van der Waals surface area contributed by atoms with Gasteiger partial charge in [0.15, 0.2) is 0 Å². The van der Waals surface area contributed by atoms with E-state index < -0.39 is 4.92 Å². The molecule has 4 aliphatic rings. The van der Waals surface area contributed by atoms with E-state index in [1.54, 1.807) is 18.2 Å². The maximum Gasteiger partial charge on any atom is 0.270 e. The van der Waals surface area contributed by atoms with Gasteiger partial charge in [0.2, 0.25) is 5.91 Å². The van der Waals surface area contributed by atoms with Gasteiger partial charge in [-0.3, -0.25) is 14.9 Å². The van der Waals surface area contributed by atoms with Crippen LogP contribution in [0.25, 0.3) is 6.08 Å². The van der Waals surface area contributed by atoms with Gasteiger partial charge in [0.1, 0.15) is 0 Å². The lowest BCUT2D eigenvalue weighted by molar-refractivity contribution is -0.384. The van der Waals surface area contributed by atoms with Gasteiger partial charge in [0.05, 0.1) is 4.92 Å². The minimum Gasteiger partial charge on any atom is -0.353 e. The van der Waals surface area contributed by atoms with Crippen molar-refractivity contribution < 1.29 is 9.72 Å². The molecule has 1 N–H and O–H groups in total. The van der Waals surface area contributed by atoms with Crippen LogP contribution in [0, 0.1) is 33.3 Å². The Kier molecular flexibility index (Phi) is 4.55. The van der Waals surface area contributed by atoms with Gasteiger partial charge >= 0.3 is 0 Å². The van der Waals surface area contributed by atoms with E-state index in [4.69, 9.17) is 0 Å². The molecule has 1 aromatic carbocycles. The molecule has 138 valence electrons. The Morgan fingerprint density at radius 3 is 2.46 bits per heavy atom. The van der Waals surface area contributed by atoms with Crippen LogP contribution in [0.4, 0.5) is 5.69 Å². The molecule has 5 heteroatoms. The Balaban J connectivity index is 1.28. The minimum atomic E-state index is -0.428. The molecule has 1 aromatic rings. The Bertz CT molecular complexity index is 705. The molecule has 0 radical (unpaired) electrons. The van der Waals surface area contributed by atoms with E-state index in [9.17, 15) is 14.9 Å². The lowest BCUT2D eigenvalue weighted by Gasteiger charge is -2.57. The standard InChI is InChI=1S/C21H26N2O3/c24-20(5-4-15-2-1-3-19(11-15)23(25)26)22-7-6-21-12-16-8-17(13-21)10-18(9-16)14-21/h1-5,11,16-18H,6-10,12-14H2,(H,22,24). The molecule has 0 saturated heterocycles. The van der Waals surface area contributed by atoms with Crippen LogP contribution in [0.3, 0.4) is 0 Å². The van der Waals surface area contributed by atoms with E-state index in [-0.39, 0.29) is 11.6 Å². The molecule has 5 nitrogen and oxygen atoms in total. The van der Waals surface area contributed by atoms with Crippen molar-refractivity contribution in [3.05, 3.63) is 46.0 Å². The third kappa shape index (κ3) is 3.67. The van der Waals surface area contributed by atoms with Crippen molar-refractivity contribution in [2.75, 3.05) is 6.54 Å². The summed E-state index contributed by atoms with van der Waals surface area (Å²) in [4.78, 5) is 22.5. The van der Waals surface area contributed by atoms with Gasteiger partial charge in [-0.1, -0.05) is 12.1 Å². The van der Waals surface area contributed by atoms with Crippen molar-refractivity contribution in [3.63, 3.8) is 0 Å². The number of hydrogen-bond donors (Lipinski definition) is 1. The molecule has 4 aliphatic carbocycles. The highest BCUT2D eigenvalue weighted by Gasteiger charge is 2.50. The zero-order valence-corrected chi connectivity index (χ0v) is 15.0. The second-order valence-corrected chi connectivity index (χ2v) is 8.64. The van der Waals surface area contributed by atoms with Gasteiger partial charge in [-0.2, -0.15) is 0 Å². The van der Waals surface area contributed by atoms with Crippen molar-refractivity contribution in [1.29, 1.82) is 0 Å². The Hall–Kier alpha value is -2.17. The topological polar surface area (TPSA) is 72.2 Å². The van der Waals surface area contributed by atoms with E-state index in [0.717, 1.165) is 30.7 Å². The van der Waals surface area contributed by atoms with E-state index in [1.165, 1.54) is 56.7 Å². The van der Waals surface area contributed by atoms with Crippen LogP contribution in [0.2, 0.25) is 0 Å². The van der Waals surface area contributed by atoms with Gasteiger partial charge < -0.3 is 5.32 Å². The third-order valence-electron chi connectivity index (χ3n) is 6.63. The number of hydrogen-bond acceptors (Lipinski definition) is 3. The van der Waals surface area contributed by atoms with Crippen LogP contribution in [-0.4, -0.2) is 17.4 Å². The highest BCUT2D eigenvalue weighted by Crippen LogP contribution is 2.61. The van der Waals surface area contributed by atoms with E-state index in [2.05, 4.69) is 5.32 Å². The average molecular weight is 354 g/mol. The van der Waals surface area contributed by atoms with Gasteiger partial charge in [-0.25, -0.2) is 0 Å². The van der Waals surface area contributed by atoms with Crippen molar-refractivity contribution in [1.82, 2.24) is 5.32 Å². The highest BCUT2D eigenvalue weighted by molar-refractivity contribution is 5.91. The number of nitro benzene ring substituents is 1. The summed E-state index contributed by atoms with van der Waals surface area (Å²) in [5.74, 6) is 2.68. The number of rotatable bonds is 6. The largest absolute Gasteiger partial charge is 0.353 e. The van der Waals surface area contributed by atoms with E-state index >= 15 is 0 Å². The first kappa shape index (κ1) is 17.3. The number of benzene rings is 1. The predicted octanol–water partition coefficient (Wildman–Crippen LogP) is 4.33. The summed E-state index contributed by atoms with van der Waals surface area (Å²) in [6, 6.07) is 6.30. The van der Waals surface area contributed by atoms with Gasteiger partial charge in [-0.05, 0) is 79.8 Å². The summed E-state index contributed by atoms with van der Waals surface area (Å²) < 4.78 is 0. The summed E-state index contributed by atoms with van der Waals surface area (Å²) in [5, 5.41) is 13.8. The van der Waals surface area contributed by atoms with Crippen LogP contribution in [0.5, 0.6) is 0 Å².